The van der Waals surface area contributed by atoms with E-state index in [1.165, 1.54) is 12.1 Å². The number of fused-ring (bicyclic) bond motifs is 1. The van der Waals surface area contributed by atoms with Crippen molar-refractivity contribution in [2.24, 2.45) is 0 Å². The molecule has 0 N–H and O–H groups in total. The SMILES string of the molecule is CC(C)(C)c1cnc(Cl)c2cc(F)ccc12. The van der Waals surface area contributed by atoms with Crippen LogP contribution in [-0.2, 0) is 5.41 Å². The largest absolute Gasteiger partial charge is 0.244 e. The molecule has 0 aliphatic rings. The summed E-state index contributed by atoms with van der Waals surface area (Å²) < 4.78 is 13.2. The van der Waals surface area contributed by atoms with Gasteiger partial charge in [0.1, 0.15) is 11.0 Å². The van der Waals surface area contributed by atoms with Crippen LogP contribution in [0.15, 0.2) is 24.4 Å². The van der Waals surface area contributed by atoms with Crippen LogP contribution in [0.5, 0.6) is 0 Å². The van der Waals surface area contributed by atoms with Gasteiger partial charge in [0.05, 0.1) is 0 Å². The maximum absolute atomic E-state index is 13.2. The number of halogens is 2. The van der Waals surface area contributed by atoms with E-state index in [1.54, 1.807) is 12.3 Å². The summed E-state index contributed by atoms with van der Waals surface area (Å²) in [5.74, 6) is -0.290. The molecule has 1 nitrogen and oxygen atoms in total. The van der Waals surface area contributed by atoms with Crippen LogP contribution in [-0.4, -0.2) is 4.98 Å². The van der Waals surface area contributed by atoms with Crippen LogP contribution in [0.2, 0.25) is 5.15 Å². The first-order valence-electron chi connectivity index (χ1n) is 5.14. The van der Waals surface area contributed by atoms with Crippen molar-refractivity contribution < 1.29 is 4.39 Å². The van der Waals surface area contributed by atoms with Crippen LogP contribution >= 0.6 is 11.6 Å². The molecule has 0 saturated heterocycles. The van der Waals surface area contributed by atoms with Crippen molar-refractivity contribution in [3.63, 3.8) is 0 Å². The minimum atomic E-state index is -0.290. The third kappa shape index (κ3) is 1.90. The van der Waals surface area contributed by atoms with Crippen LogP contribution < -0.4 is 0 Å². The van der Waals surface area contributed by atoms with Gasteiger partial charge in [-0.3, -0.25) is 0 Å². The topological polar surface area (TPSA) is 12.9 Å². The second-order valence-corrected chi connectivity index (χ2v) is 5.26. The highest BCUT2D eigenvalue weighted by atomic mass is 35.5. The second-order valence-electron chi connectivity index (χ2n) is 4.90. The summed E-state index contributed by atoms with van der Waals surface area (Å²) in [6, 6.07) is 4.65. The molecule has 0 radical (unpaired) electrons. The van der Waals surface area contributed by atoms with Gasteiger partial charge in [0.15, 0.2) is 0 Å². The summed E-state index contributed by atoms with van der Waals surface area (Å²) in [6.45, 7) is 6.29. The monoisotopic (exact) mass is 237 g/mol. The molecule has 2 aromatic rings. The van der Waals surface area contributed by atoms with Crippen molar-refractivity contribution >= 4 is 22.4 Å². The Kier molecular flexibility index (Phi) is 2.62. The number of rotatable bonds is 0. The first-order chi connectivity index (χ1) is 7.39. The third-order valence-electron chi connectivity index (χ3n) is 2.61. The Labute approximate surface area is 99.3 Å². The van der Waals surface area contributed by atoms with Crippen molar-refractivity contribution in [3.8, 4) is 0 Å². The smallest absolute Gasteiger partial charge is 0.136 e. The number of nitrogens with zero attached hydrogens (tertiary/aromatic N) is 1. The van der Waals surface area contributed by atoms with Gasteiger partial charge in [-0.15, -0.1) is 0 Å². The maximum Gasteiger partial charge on any atom is 0.136 e. The Balaban J connectivity index is 2.85. The van der Waals surface area contributed by atoms with Gasteiger partial charge in [0.25, 0.3) is 0 Å². The third-order valence-corrected chi connectivity index (χ3v) is 2.91. The highest BCUT2D eigenvalue weighted by molar-refractivity contribution is 6.34. The van der Waals surface area contributed by atoms with Gasteiger partial charge >= 0.3 is 0 Å². The lowest BCUT2D eigenvalue weighted by Crippen LogP contribution is -2.12. The minimum Gasteiger partial charge on any atom is -0.244 e. The minimum absolute atomic E-state index is 0.0341. The maximum atomic E-state index is 13.2. The first kappa shape index (κ1) is 11.3. The van der Waals surface area contributed by atoms with Gasteiger partial charge in [-0.05, 0) is 28.5 Å². The normalized spacial score (nSPS) is 12.1. The molecule has 0 spiro atoms. The lowest BCUT2D eigenvalue weighted by molar-refractivity contribution is 0.593. The molecule has 16 heavy (non-hydrogen) atoms. The predicted octanol–water partition coefficient (Wildman–Crippen LogP) is 4.32. The van der Waals surface area contributed by atoms with Crippen molar-refractivity contribution in [2.45, 2.75) is 26.2 Å². The van der Waals surface area contributed by atoms with E-state index < -0.39 is 0 Å². The summed E-state index contributed by atoms with van der Waals surface area (Å²) in [5, 5.41) is 1.99. The highest BCUT2D eigenvalue weighted by Gasteiger charge is 2.18. The first-order valence-corrected chi connectivity index (χ1v) is 5.51. The molecule has 0 fully saturated rings. The molecule has 2 rings (SSSR count). The van der Waals surface area contributed by atoms with Gasteiger partial charge in [-0.25, -0.2) is 9.37 Å². The molecule has 1 heterocycles. The van der Waals surface area contributed by atoms with Crippen molar-refractivity contribution in [2.75, 3.05) is 0 Å². The van der Waals surface area contributed by atoms with E-state index in [-0.39, 0.29) is 11.2 Å². The summed E-state index contributed by atoms with van der Waals surface area (Å²) in [7, 11) is 0. The predicted molar refractivity (Wildman–Crippen MR) is 65.4 cm³/mol. The Hall–Kier alpha value is -1.15. The van der Waals surface area contributed by atoms with Crippen LogP contribution in [0.1, 0.15) is 26.3 Å². The molecule has 0 saturated carbocycles. The molecule has 1 aromatic carbocycles. The van der Waals surface area contributed by atoms with Crippen LogP contribution in [0.4, 0.5) is 4.39 Å². The fourth-order valence-electron chi connectivity index (χ4n) is 1.78. The van der Waals surface area contributed by atoms with Crippen LogP contribution in [0.3, 0.4) is 0 Å². The molecule has 0 unspecified atom stereocenters. The summed E-state index contributed by atoms with van der Waals surface area (Å²) in [5.41, 5.74) is 1.04. The molecule has 0 aliphatic carbocycles. The average molecular weight is 238 g/mol. The quantitative estimate of drug-likeness (QED) is 0.622. The number of hydrogen-bond donors (Lipinski definition) is 0. The summed E-state index contributed by atoms with van der Waals surface area (Å²) >= 11 is 5.97. The van der Waals surface area contributed by atoms with E-state index in [1.807, 2.05) is 0 Å². The molecule has 84 valence electrons. The van der Waals surface area contributed by atoms with E-state index >= 15 is 0 Å². The van der Waals surface area contributed by atoms with Crippen molar-refractivity contribution in [3.05, 3.63) is 40.9 Å². The van der Waals surface area contributed by atoms with E-state index in [9.17, 15) is 4.39 Å². The molecule has 3 heteroatoms. The van der Waals surface area contributed by atoms with Gasteiger partial charge in [-0.2, -0.15) is 0 Å². The van der Waals surface area contributed by atoms with E-state index in [0.29, 0.717) is 10.5 Å². The van der Waals surface area contributed by atoms with Gasteiger partial charge < -0.3 is 0 Å². The van der Waals surface area contributed by atoms with Crippen LogP contribution in [0, 0.1) is 5.82 Å². The summed E-state index contributed by atoms with van der Waals surface area (Å²) in [6.07, 6.45) is 1.77. The van der Waals surface area contributed by atoms with E-state index in [2.05, 4.69) is 25.8 Å². The lowest BCUT2D eigenvalue weighted by Gasteiger charge is -2.21. The molecule has 0 atom stereocenters. The highest BCUT2D eigenvalue weighted by Crippen LogP contribution is 2.32. The molecular weight excluding hydrogens is 225 g/mol. The van der Waals surface area contributed by atoms with Crippen molar-refractivity contribution in [1.82, 2.24) is 4.98 Å². The van der Waals surface area contributed by atoms with Gasteiger partial charge in [-0.1, -0.05) is 38.4 Å². The Morgan fingerprint density at radius 2 is 1.88 bits per heavy atom. The molecule has 0 aliphatic heterocycles. The zero-order valence-electron chi connectivity index (χ0n) is 9.51. The zero-order chi connectivity index (χ0) is 11.9. The average Bonchev–Trinajstić information content (AvgIpc) is 2.17. The molecule has 1 aromatic heterocycles. The summed E-state index contributed by atoms with van der Waals surface area (Å²) in [4.78, 5) is 4.11. The number of aromatic nitrogens is 1. The fraction of sp³-hybridized carbons (Fsp3) is 0.308. The van der Waals surface area contributed by atoms with Gasteiger partial charge in [0, 0.05) is 11.6 Å². The standard InChI is InChI=1S/C13H13ClFN/c1-13(2,3)11-7-16-12(14)10-6-8(15)4-5-9(10)11/h4-7H,1-3H3. The van der Waals surface area contributed by atoms with Crippen molar-refractivity contribution in [1.29, 1.82) is 0 Å². The fourth-order valence-corrected chi connectivity index (χ4v) is 1.99. The molecule has 0 amide bonds. The van der Waals surface area contributed by atoms with Gasteiger partial charge in [0.2, 0.25) is 0 Å². The number of benzene rings is 1. The molecular formula is C13H13ClFN. The Bertz CT molecular complexity index is 543. The van der Waals surface area contributed by atoms with E-state index in [0.717, 1.165) is 10.9 Å². The Morgan fingerprint density at radius 1 is 1.19 bits per heavy atom. The number of pyridine rings is 1. The Morgan fingerprint density at radius 3 is 2.50 bits per heavy atom. The van der Waals surface area contributed by atoms with Crippen LogP contribution in [0.25, 0.3) is 10.8 Å². The lowest BCUT2D eigenvalue weighted by atomic mass is 9.85. The van der Waals surface area contributed by atoms with E-state index in [4.69, 9.17) is 11.6 Å². The zero-order valence-corrected chi connectivity index (χ0v) is 10.3. The number of hydrogen-bond acceptors (Lipinski definition) is 1. The second kappa shape index (κ2) is 3.70. The molecule has 0 bridgehead atoms.